The van der Waals surface area contributed by atoms with Crippen LogP contribution in [0.2, 0.25) is 0 Å². The molecule has 0 N–H and O–H groups in total. The Morgan fingerprint density at radius 1 is 0.536 bits per heavy atom. The second-order valence-electron chi connectivity index (χ2n) is 11.4. The molecule has 8 aliphatic rings. The molecule has 8 rings (SSSR count). The van der Waals surface area contributed by atoms with Gasteiger partial charge in [0.05, 0.1) is 0 Å². The van der Waals surface area contributed by atoms with Gasteiger partial charge in [0, 0.05) is 12.2 Å². The Hall–Kier alpha value is -1.32. The Labute approximate surface area is 167 Å². The number of carbonyl (C=O) groups excluding carboxylic acids is 2. The summed E-state index contributed by atoms with van der Waals surface area (Å²) in [5.74, 6) is 3.73. The first-order valence-electron chi connectivity index (χ1n) is 11.6. The van der Waals surface area contributed by atoms with Crippen molar-refractivity contribution in [1.82, 2.24) is 0 Å². The van der Waals surface area contributed by atoms with Gasteiger partial charge >= 0.3 is 11.9 Å². The lowest BCUT2D eigenvalue weighted by molar-refractivity contribution is -0.183. The molecule has 28 heavy (non-hydrogen) atoms. The van der Waals surface area contributed by atoms with Gasteiger partial charge in [-0.05, 0) is 113 Å². The molecule has 0 spiro atoms. The Balaban J connectivity index is 1.07. The molecule has 4 heteroatoms. The molecule has 0 heterocycles. The third-order valence-electron chi connectivity index (χ3n) is 8.95. The number of esters is 2. The van der Waals surface area contributed by atoms with Crippen molar-refractivity contribution < 1.29 is 19.1 Å². The van der Waals surface area contributed by atoms with Crippen molar-refractivity contribution in [1.29, 1.82) is 0 Å². The van der Waals surface area contributed by atoms with Crippen molar-refractivity contribution in [3.8, 4) is 0 Å². The Morgan fingerprint density at radius 2 is 0.786 bits per heavy atom. The van der Waals surface area contributed by atoms with Crippen LogP contribution >= 0.6 is 0 Å². The second kappa shape index (κ2) is 6.09. The first-order valence-corrected chi connectivity index (χ1v) is 11.6. The molecular weight excluding hydrogens is 352 g/mol. The van der Waals surface area contributed by atoms with Crippen LogP contribution in [0.3, 0.4) is 0 Å². The zero-order chi connectivity index (χ0) is 18.9. The summed E-state index contributed by atoms with van der Waals surface area (Å²) in [5.41, 5.74) is -0.500. The molecule has 0 saturated heterocycles. The highest BCUT2D eigenvalue weighted by Gasteiger charge is 2.54. The summed E-state index contributed by atoms with van der Waals surface area (Å²) in [6, 6.07) is 0. The fourth-order valence-electron chi connectivity index (χ4n) is 8.94. The van der Waals surface area contributed by atoms with Gasteiger partial charge in [-0.25, -0.2) is 9.59 Å². The van der Waals surface area contributed by atoms with E-state index in [2.05, 4.69) is 0 Å². The summed E-state index contributed by atoms with van der Waals surface area (Å²) in [5, 5.41) is 0. The van der Waals surface area contributed by atoms with Crippen molar-refractivity contribution in [2.24, 2.45) is 35.5 Å². The van der Waals surface area contributed by atoms with Crippen LogP contribution < -0.4 is 0 Å². The van der Waals surface area contributed by atoms with E-state index in [0.29, 0.717) is 0 Å². The summed E-state index contributed by atoms with van der Waals surface area (Å²) in [6.45, 7) is 0. The van der Waals surface area contributed by atoms with E-state index in [9.17, 15) is 9.59 Å². The van der Waals surface area contributed by atoms with E-state index in [4.69, 9.17) is 9.47 Å². The summed E-state index contributed by atoms with van der Waals surface area (Å²) in [7, 11) is 0. The normalized spacial score (nSPS) is 50.3. The maximum absolute atomic E-state index is 12.5. The van der Waals surface area contributed by atoms with Crippen molar-refractivity contribution in [3.63, 3.8) is 0 Å². The molecule has 8 saturated carbocycles. The van der Waals surface area contributed by atoms with Gasteiger partial charge in [-0.1, -0.05) is 0 Å². The number of carbonyl (C=O) groups is 2. The predicted octanol–water partition coefficient (Wildman–Crippen LogP) is 4.57. The highest BCUT2D eigenvalue weighted by atomic mass is 16.6. The van der Waals surface area contributed by atoms with Crippen LogP contribution in [-0.4, -0.2) is 23.1 Å². The van der Waals surface area contributed by atoms with Crippen molar-refractivity contribution in [2.45, 2.75) is 88.3 Å². The van der Waals surface area contributed by atoms with E-state index in [1.54, 1.807) is 0 Å². The zero-order valence-electron chi connectivity index (χ0n) is 16.7. The quantitative estimate of drug-likeness (QED) is 0.526. The third-order valence-corrected chi connectivity index (χ3v) is 8.95. The Kier molecular flexibility index (Phi) is 3.81. The maximum Gasteiger partial charge on any atom is 0.331 e. The third kappa shape index (κ3) is 3.02. The predicted molar refractivity (Wildman–Crippen MR) is 103 cm³/mol. The van der Waals surface area contributed by atoms with Gasteiger partial charge in [-0.2, -0.15) is 0 Å². The van der Waals surface area contributed by atoms with E-state index in [1.165, 1.54) is 50.7 Å². The number of hydrogen-bond acceptors (Lipinski definition) is 4. The lowest BCUT2D eigenvalue weighted by atomic mass is 9.54. The van der Waals surface area contributed by atoms with Gasteiger partial charge in [0.15, 0.2) is 0 Å². The average molecular weight is 385 g/mol. The van der Waals surface area contributed by atoms with Crippen LogP contribution in [-0.2, 0) is 19.1 Å². The lowest BCUT2D eigenvalue weighted by Gasteiger charge is -2.55. The summed E-state index contributed by atoms with van der Waals surface area (Å²) >= 11 is 0. The van der Waals surface area contributed by atoms with Crippen LogP contribution in [0.5, 0.6) is 0 Å². The number of rotatable bonds is 4. The van der Waals surface area contributed by atoms with E-state index < -0.39 is 0 Å². The molecule has 8 bridgehead atoms. The standard InChI is InChI=1S/C24H32O4/c25-21(27-23-9-15-3-16(10-23)5-17(4-15)11-23)1-2-22(26)28-24-12-18-6-19(13-24)8-20(7-18)14-24/h1-2,15-20H,3-14H2. The highest BCUT2D eigenvalue weighted by molar-refractivity contribution is 5.92. The van der Waals surface area contributed by atoms with Gasteiger partial charge in [-0.3, -0.25) is 0 Å². The molecular formula is C24H32O4. The lowest BCUT2D eigenvalue weighted by Crippen LogP contribution is -2.52. The first-order chi connectivity index (χ1) is 13.5. The molecule has 0 aromatic rings. The minimum absolute atomic E-state index is 0.250. The van der Waals surface area contributed by atoms with E-state index >= 15 is 0 Å². The molecule has 0 aliphatic heterocycles. The van der Waals surface area contributed by atoms with Crippen molar-refractivity contribution in [3.05, 3.63) is 12.2 Å². The van der Waals surface area contributed by atoms with E-state index in [1.807, 2.05) is 0 Å². The molecule has 8 aliphatic carbocycles. The minimum Gasteiger partial charge on any atom is -0.456 e. The molecule has 0 aromatic heterocycles. The number of hydrogen-bond donors (Lipinski definition) is 0. The Bertz CT molecular complexity index is 590. The van der Waals surface area contributed by atoms with Crippen molar-refractivity contribution >= 4 is 11.9 Å². The topological polar surface area (TPSA) is 52.6 Å². The average Bonchev–Trinajstić information content (AvgIpc) is 2.56. The van der Waals surface area contributed by atoms with Crippen molar-refractivity contribution in [2.75, 3.05) is 0 Å². The molecule has 152 valence electrons. The molecule has 0 atom stereocenters. The first kappa shape index (κ1) is 17.5. The van der Waals surface area contributed by atoms with E-state index in [0.717, 1.165) is 74.0 Å². The monoisotopic (exact) mass is 384 g/mol. The molecule has 0 amide bonds. The Morgan fingerprint density at radius 3 is 1.04 bits per heavy atom. The molecule has 4 nitrogen and oxygen atoms in total. The smallest absolute Gasteiger partial charge is 0.331 e. The summed E-state index contributed by atoms with van der Waals surface area (Å²) in [4.78, 5) is 25.0. The van der Waals surface area contributed by atoms with Crippen LogP contribution in [0.25, 0.3) is 0 Å². The van der Waals surface area contributed by atoms with Crippen LogP contribution in [0, 0.1) is 35.5 Å². The molecule has 0 unspecified atom stereocenters. The minimum atomic E-state index is -0.357. The van der Waals surface area contributed by atoms with Crippen LogP contribution in [0.1, 0.15) is 77.0 Å². The fourth-order valence-corrected chi connectivity index (χ4v) is 8.94. The van der Waals surface area contributed by atoms with Gasteiger partial charge in [0.2, 0.25) is 0 Å². The van der Waals surface area contributed by atoms with Gasteiger partial charge < -0.3 is 9.47 Å². The van der Waals surface area contributed by atoms with Gasteiger partial charge in [0.1, 0.15) is 11.2 Å². The zero-order valence-corrected chi connectivity index (χ0v) is 16.7. The summed E-state index contributed by atoms with van der Waals surface area (Å²) in [6.07, 6.45) is 16.7. The second-order valence-corrected chi connectivity index (χ2v) is 11.4. The van der Waals surface area contributed by atoms with E-state index in [-0.39, 0.29) is 23.1 Å². The molecule has 0 radical (unpaired) electrons. The SMILES string of the molecule is O=C(C=CC(=O)OC12CC3CC(CC(C3)C1)C2)OC12CC3CC(CC(C3)C1)C2. The highest BCUT2D eigenvalue weighted by Crippen LogP contribution is 2.58. The molecule has 8 fully saturated rings. The largest absolute Gasteiger partial charge is 0.456 e. The fraction of sp³-hybridized carbons (Fsp3) is 0.833. The van der Waals surface area contributed by atoms with Gasteiger partial charge in [0.25, 0.3) is 0 Å². The van der Waals surface area contributed by atoms with Crippen LogP contribution in [0.4, 0.5) is 0 Å². The maximum atomic E-state index is 12.5. The summed E-state index contributed by atoms with van der Waals surface area (Å²) < 4.78 is 11.9. The van der Waals surface area contributed by atoms with Crippen LogP contribution in [0.15, 0.2) is 12.2 Å². The molecule has 0 aromatic carbocycles. The number of ether oxygens (including phenoxy) is 2. The van der Waals surface area contributed by atoms with Gasteiger partial charge in [-0.15, -0.1) is 0 Å².